The van der Waals surface area contributed by atoms with E-state index in [2.05, 4.69) is 21.2 Å². The number of benzene rings is 1. The van der Waals surface area contributed by atoms with Gasteiger partial charge in [-0.25, -0.2) is 0 Å². The maximum Gasteiger partial charge on any atom is 0.0574 e. The molecule has 0 saturated carbocycles. The van der Waals surface area contributed by atoms with Crippen molar-refractivity contribution in [2.45, 2.75) is 12.8 Å². The van der Waals surface area contributed by atoms with Crippen molar-refractivity contribution in [3.63, 3.8) is 0 Å². The first-order valence-corrected chi connectivity index (χ1v) is 6.41. The Hall–Kier alpha value is -0.740. The van der Waals surface area contributed by atoms with Gasteiger partial charge in [0.25, 0.3) is 0 Å². The van der Waals surface area contributed by atoms with E-state index in [-0.39, 0.29) is 0 Å². The van der Waals surface area contributed by atoms with Crippen molar-refractivity contribution >= 4 is 27.3 Å². The standard InChI is InChI=1S/C12H17BrN2O/c13-10-1-2-12(11(14)7-10)15-5-3-9-4-6-16-8-9/h1-2,7,9,15H,3-6,8,14H2. The van der Waals surface area contributed by atoms with Crippen LogP contribution in [-0.2, 0) is 4.74 Å². The molecule has 0 radical (unpaired) electrons. The Morgan fingerprint density at radius 2 is 2.38 bits per heavy atom. The van der Waals surface area contributed by atoms with E-state index in [1.807, 2.05) is 18.2 Å². The highest BCUT2D eigenvalue weighted by Crippen LogP contribution is 2.23. The molecule has 3 nitrogen and oxygen atoms in total. The second kappa shape index (κ2) is 5.55. The van der Waals surface area contributed by atoms with E-state index in [4.69, 9.17) is 10.5 Å². The van der Waals surface area contributed by atoms with Gasteiger partial charge in [0, 0.05) is 24.2 Å². The summed E-state index contributed by atoms with van der Waals surface area (Å²) in [5, 5.41) is 3.37. The van der Waals surface area contributed by atoms with Gasteiger partial charge in [0.2, 0.25) is 0 Å². The topological polar surface area (TPSA) is 47.3 Å². The van der Waals surface area contributed by atoms with Gasteiger partial charge >= 0.3 is 0 Å². The van der Waals surface area contributed by atoms with E-state index in [0.29, 0.717) is 5.92 Å². The van der Waals surface area contributed by atoms with Crippen molar-refractivity contribution in [1.29, 1.82) is 0 Å². The Morgan fingerprint density at radius 1 is 1.50 bits per heavy atom. The van der Waals surface area contributed by atoms with E-state index in [9.17, 15) is 0 Å². The average Bonchev–Trinajstić information content (AvgIpc) is 2.74. The molecule has 1 unspecified atom stereocenters. The Morgan fingerprint density at radius 3 is 3.06 bits per heavy atom. The summed E-state index contributed by atoms with van der Waals surface area (Å²) in [4.78, 5) is 0. The van der Waals surface area contributed by atoms with Gasteiger partial charge in [-0.2, -0.15) is 0 Å². The summed E-state index contributed by atoms with van der Waals surface area (Å²) >= 11 is 3.39. The van der Waals surface area contributed by atoms with Crippen LogP contribution in [0.3, 0.4) is 0 Å². The van der Waals surface area contributed by atoms with Crippen molar-refractivity contribution in [2.75, 3.05) is 30.8 Å². The van der Waals surface area contributed by atoms with Crippen molar-refractivity contribution in [2.24, 2.45) is 5.92 Å². The molecule has 4 heteroatoms. The second-order valence-electron chi connectivity index (χ2n) is 4.18. The third-order valence-corrected chi connectivity index (χ3v) is 3.40. The van der Waals surface area contributed by atoms with E-state index in [1.165, 1.54) is 6.42 Å². The Balaban J connectivity index is 1.80. The van der Waals surface area contributed by atoms with E-state index in [1.54, 1.807) is 0 Å². The molecular formula is C12H17BrN2O. The molecule has 1 fully saturated rings. The molecular weight excluding hydrogens is 268 g/mol. The molecule has 2 rings (SSSR count). The van der Waals surface area contributed by atoms with Crippen LogP contribution in [0, 0.1) is 5.92 Å². The second-order valence-corrected chi connectivity index (χ2v) is 5.09. The number of halogens is 1. The highest BCUT2D eigenvalue weighted by molar-refractivity contribution is 9.10. The summed E-state index contributed by atoms with van der Waals surface area (Å²) < 4.78 is 6.35. The van der Waals surface area contributed by atoms with Gasteiger partial charge in [0.1, 0.15) is 0 Å². The minimum absolute atomic E-state index is 0.712. The number of anilines is 2. The molecule has 88 valence electrons. The molecule has 16 heavy (non-hydrogen) atoms. The summed E-state index contributed by atoms with van der Waals surface area (Å²) in [5.74, 6) is 0.712. The number of ether oxygens (including phenoxy) is 1. The minimum Gasteiger partial charge on any atom is -0.397 e. The first-order chi connectivity index (χ1) is 7.75. The van der Waals surface area contributed by atoms with Crippen molar-refractivity contribution in [1.82, 2.24) is 0 Å². The highest BCUT2D eigenvalue weighted by Gasteiger charge is 2.14. The van der Waals surface area contributed by atoms with Crippen molar-refractivity contribution < 1.29 is 4.74 Å². The predicted molar refractivity (Wildman–Crippen MR) is 70.6 cm³/mol. The molecule has 1 saturated heterocycles. The van der Waals surface area contributed by atoms with Gasteiger partial charge in [0.15, 0.2) is 0 Å². The maximum atomic E-state index is 5.90. The minimum atomic E-state index is 0.712. The Bertz CT molecular complexity index is 351. The van der Waals surface area contributed by atoms with E-state index >= 15 is 0 Å². The fourth-order valence-corrected chi connectivity index (χ4v) is 2.30. The Labute approximate surface area is 104 Å². The number of nitrogens with one attached hydrogen (secondary N) is 1. The summed E-state index contributed by atoms with van der Waals surface area (Å²) in [6.07, 6.45) is 2.34. The number of hydrogen-bond donors (Lipinski definition) is 2. The fraction of sp³-hybridized carbons (Fsp3) is 0.500. The molecule has 1 aromatic carbocycles. The first-order valence-electron chi connectivity index (χ1n) is 5.62. The third kappa shape index (κ3) is 3.12. The summed E-state index contributed by atoms with van der Waals surface area (Å²) in [7, 11) is 0. The van der Waals surface area contributed by atoms with E-state index < -0.39 is 0 Å². The van der Waals surface area contributed by atoms with Crippen molar-refractivity contribution in [3.05, 3.63) is 22.7 Å². The van der Waals surface area contributed by atoms with Crippen LogP contribution in [0.1, 0.15) is 12.8 Å². The zero-order valence-corrected chi connectivity index (χ0v) is 10.8. The van der Waals surface area contributed by atoms with Crippen LogP contribution < -0.4 is 11.1 Å². The summed E-state index contributed by atoms with van der Waals surface area (Å²) in [5.41, 5.74) is 7.70. The van der Waals surface area contributed by atoms with Crippen LogP contribution in [0.15, 0.2) is 22.7 Å². The molecule has 1 aliphatic rings. The van der Waals surface area contributed by atoms with Crippen molar-refractivity contribution in [3.8, 4) is 0 Å². The van der Waals surface area contributed by atoms with Gasteiger partial charge in [-0.05, 0) is 37.0 Å². The van der Waals surface area contributed by atoms with Gasteiger partial charge in [-0.1, -0.05) is 15.9 Å². The van der Waals surface area contributed by atoms with Crippen LogP contribution in [-0.4, -0.2) is 19.8 Å². The lowest BCUT2D eigenvalue weighted by Gasteiger charge is -2.11. The molecule has 1 heterocycles. The SMILES string of the molecule is Nc1cc(Br)ccc1NCCC1CCOC1. The zero-order valence-electron chi connectivity index (χ0n) is 9.21. The van der Waals surface area contributed by atoms with Crippen LogP contribution in [0.4, 0.5) is 11.4 Å². The fourth-order valence-electron chi connectivity index (χ4n) is 1.92. The smallest absolute Gasteiger partial charge is 0.0574 e. The predicted octanol–water partition coefficient (Wildman–Crippen LogP) is 2.87. The molecule has 3 N–H and O–H groups in total. The lowest BCUT2D eigenvalue weighted by molar-refractivity contribution is 0.185. The van der Waals surface area contributed by atoms with E-state index in [0.717, 1.165) is 42.0 Å². The van der Waals surface area contributed by atoms with Crippen LogP contribution >= 0.6 is 15.9 Å². The van der Waals surface area contributed by atoms with Gasteiger partial charge in [0.05, 0.1) is 11.4 Å². The Kier molecular flexibility index (Phi) is 4.07. The number of hydrogen-bond acceptors (Lipinski definition) is 3. The quantitative estimate of drug-likeness (QED) is 0.836. The molecule has 0 amide bonds. The van der Waals surface area contributed by atoms with Crippen LogP contribution in [0.25, 0.3) is 0 Å². The molecule has 0 aromatic heterocycles. The molecule has 1 aromatic rings. The highest BCUT2D eigenvalue weighted by atomic mass is 79.9. The molecule has 0 spiro atoms. The summed E-state index contributed by atoms with van der Waals surface area (Å²) in [6, 6.07) is 5.92. The summed E-state index contributed by atoms with van der Waals surface area (Å²) in [6.45, 7) is 2.79. The monoisotopic (exact) mass is 284 g/mol. The maximum absolute atomic E-state index is 5.90. The molecule has 1 aliphatic heterocycles. The first kappa shape index (κ1) is 11.7. The van der Waals surface area contributed by atoms with Crippen LogP contribution in [0.2, 0.25) is 0 Å². The average molecular weight is 285 g/mol. The number of rotatable bonds is 4. The van der Waals surface area contributed by atoms with Crippen LogP contribution in [0.5, 0.6) is 0 Å². The van der Waals surface area contributed by atoms with Gasteiger partial charge < -0.3 is 15.8 Å². The third-order valence-electron chi connectivity index (χ3n) is 2.91. The lowest BCUT2D eigenvalue weighted by Crippen LogP contribution is -2.10. The largest absolute Gasteiger partial charge is 0.397 e. The van der Waals surface area contributed by atoms with Gasteiger partial charge in [-0.3, -0.25) is 0 Å². The number of nitrogen functional groups attached to an aromatic ring is 1. The number of nitrogens with two attached hydrogens (primary N) is 1. The lowest BCUT2D eigenvalue weighted by atomic mass is 10.1. The molecule has 0 bridgehead atoms. The van der Waals surface area contributed by atoms with Gasteiger partial charge in [-0.15, -0.1) is 0 Å². The molecule has 1 atom stereocenters. The zero-order chi connectivity index (χ0) is 11.4. The normalized spacial score (nSPS) is 19.9. The molecule has 0 aliphatic carbocycles.